The van der Waals surface area contributed by atoms with Crippen LogP contribution in [0, 0.1) is 13.8 Å². The molecule has 0 amide bonds. The summed E-state index contributed by atoms with van der Waals surface area (Å²) in [6, 6.07) is 11.8. The predicted molar refractivity (Wildman–Crippen MR) is 86.2 cm³/mol. The Kier molecular flexibility index (Phi) is 3.47. The molecule has 0 bridgehead atoms. The lowest BCUT2D eigenvalue weighted by Crippen LogP contribution is -2.01. The van der Waals surface area contributed by atoms with Gasteiger partial charge in [0, 0.05) is 15.7 Å². The molecule has 2 N–H and O–H groups in total. The molecule has 0 spiro atoms. The molecule has 6 heteroatoms. The molecule has 0 aliphatic heterocycles. The van der Waals surface area contributed by atoms with Crippen molar-refractivity contribution in [3.8, 4) is 17.1 Å². The highest BCUT2D eigenvalue weighted by Gasteiger charge is 2.12. The zero-order valence-corrected chi connectivity index (χ0v) is 13.3. The summed E-state index contributed by atoms with van der Waals surface area (Å²) in [7, 11) is 0. The van der Waals surface area contributed by atoms with Gasteiger partial charge < -0.3 is 5.73 Å². The predicted octanol–water partition coefficient (Wildman–Crippen LogP) is 3.29. The van der Waals surface area contributed by atoms with Crippen LogP contribution in [0.5, 0.6) is 0 Å². The number of anilines is 1. The molecule has 3 aromatic rings. The van der Waals surface area contributed by atoms with E-state index in [9.17, 15) is 0 Å². The van der Waals surface area contributed by atoms with Crippen LogP contribution in [0.2, 0.25) is 0 Å². The zero-order chi connectivity index (χ0) is 15.0. The molecule has 0 aliphatic carbocycles. The van der Waals surface area contributed by atoms with E-state index in [0.717, 1.165) is 32.5 Å². The minimum atomic E-state index is 0.670. The molecule has 2 aromatic carbocycles. The Morgan fingerprint density at radius 1 is 1.05 bits per heavy atom. The second-order valence-corrected chi connectivity index (χ2v) is 5.77. The van der Waals surface area contributed by atoms with Gasteiger partial charge in [0.15, 0.2) is 5.82 Å². The number of nitrogen functional groups attached to an aromatic ring is 1. The molecule has 0 fully saturated rings. The third-order valence-electron chi connectivity index (χ3n) is 3.39. The van der Waals surface area contributed by atoms with E-state index in [1.54, 1.807) is 4.68 Å². The van der Waals surface area contributed by atoms with Crippen molar-refractivity contribution in [3.63, 3.8) is 0 Å². The molecule has 106 valence electrons. The van der Waals surface area contributed by atoms with Gasteiger partial charge in [-0.05, 0) is 59.7 Å². The van der Waals surface area contributed by atoms with Crippen LogP contribution < -0.4 is 5.73 Å². The minimum Gasteiger partial charge on any atom is -0.398 e. The maximum atomic E-state index is 5.98. The van der Waals surface area contributed by atoms with Gasteiger partial charge in [-0.25, -0.2) is 0 Å². The van der Waals surface area contributed by atoms with Gasteiger partial charge in [0.05, 0.1) is 5.69 Å². The van der Waals surface area contributed by atoms with E-state index < -0.39 is 0 Å². The topological polar surface area (TPSA) is 69.6 Å². The van der Waals surface area contributed by atoms with Crippen LogP contribution in [0.25, 0.3) is 17.1 Å². The van der Waals surface area contributed by atoms with Crippen LogP contribution in [-0.2, 0) is 0 Å². The van der Waals surface area contributed by atoms with Gasteiger partial charge in [-0.3, -0.25) is 0 Å². The van der Waals surface area contributed by atoms with E-state index in [2.05, 4.69) is 31.5 Å². The number of rotatable bonds is 2. The highest BCUT2D eigenvalue weighted by atomic mass is 79.9. The summed E-state index contributed by atoms with van der Waals surface area (Å²) in [4.78, 5) is 0. The summed E-state index contributed by atoms with van der Waals surface area (Å²) < 4.78 is 2.77. The van der Waals surface area contributed by atoms with Crippen LogP contribution in [-0.4, -0.2) is 20.2 Å². The molecule has 3 rings (SSSR count). The molecule has 0 saturated heterocycles. The van der Waals surface area contributed by atoms with Gasteiger partial charge in [0.1, 0.15) is 0 Å². The molecule has 0 saturated carbocycles. The first-order valence-corrected chi connectivity index (χ1v) is 7.27. The van der Waals surface area contributed by atoms with Crippen LogP contribution >= 0.6 is 15.9 Å². The highest BCUT2D eigenvalue weighted by molar-refractivity contribution is 9.10. The fourth-order valence-electron chi connectivity index (χ4n) is 2.08. The van der Waals surface area contributed by atoms with Crippen LogP contribution in [0.1, 0.15) is 11.1 Å². The van der Waals surface area contributed by atoms with Crippen molar-refractivity contribution in [3.05, 3.63) is 52.0 Å². The molecule has 5 nitrogen and oxygen atoms in total. The Morgan fingerprint density at radius 2 is 1.86 bits per heavy atom. The van der Waals surface area contributed by atoms with Crippen LogP contribution in [0.4, 0.5) is 5.69 Å². The lowest BCUT2D eigenvalue weighted by Gasteiger charge is -2.08. The first-order chi connectivity index (χ1) is 10.1. The summed E-state index contributed by atoms with van der Waals surface area (Å²) in [6.07, 6.45) is 0. The number of hydrogen-bond acceptors (Lipinski definition) is 4. The Morgan fingerprint density at radius 3 is 2.57 bits per heavy atom. The molecule has 1 aromatic heterocycles. The van der Waals surface area contributed by atoms with Crippen molar-refractivity contribution < 1.29 is 0 Å². The first kappa shape index (κ1) is 13.8. The van der Waals surface area contributed by atoms with E-state index in [-0.39, 0.29) is 0 Å². The Balaban J connectivity index is 2.12. The van der Waals surface area contributed by atoms with Crippen molar-refractivity contribution in [2.24, 2.45) is 0 Å². The van der Waals surface area contributed by atoms with Crippen LogP contribution in [0.15, 0.2) is 40.9 Å². The molecule has 1 heterocycles. The number of aryl methyl sites for hydroxylation is 2. The Hall–Kier alpha value is -2.21. The third kappa shape index (κ3) is 2.54. The van der Waals surface area contributed by atoms with Gasteiger partial charge in [-0.15, -0.1) is 5.10 Å². The lowest BCUT2D eigenvalue weighted by molar-refractivity contribution is 0.790. The summed E-state index contributed by atoms with van der Waals surface area (Å²) in [5.41, 5.74) is 10.7. The average molecular weight is 344 g/mol. The summed E-state index contributed by atoms with van der Waals surface area (Å²) in [5.74, 6) is 0.670. The number of nitrogens with zero attached hydrogens (tertiary/aromatic N) is 4. The number of aromatic nitrogens is 4. The van der Waals surface area contributed by atoms with E-state index in [4.69, 9.17) is 5.73 Å². The molecule has 0 unspecified atom stereocenters. The molecule has 0 aliphatic rings. The normalized spacial score (nSPS) is 10.8. The van der Waals surface area contributed by atoms with Gasteiger partial charge >= 0.3 is 0 Å². The minimum absolute atomic E-state index is 0.670. The average Bonchev–Trinajstić information content (AvgIpc) is 2.94. The maximum Gasteiger partial charge on any atom is 0.187 e. The number of benzene rings is 2. The van der Waals surface area contributed by atoms with Gasteiger partial charge in [0.25, 0.3) is 0 Å². The van der Waals surface area contributed by atoms with Crippen molar-refractivity contribution in [1.82, 2.24) is 20.2 Å². The Labute approximate surface area is 130 Å². The van der Waals surface area contributed by atoms with E-state index >= 15 is 0 Å². The van der Waals surface area contributed by atoms with Gasteiger partial charge in [0.2, 0.25) is 0 Å². The Bertz CT molecular complexity index is 744. The molecular formula is C15H14BrN5. The molecular weight excluding hydrogens is 330 g/mol. The van der Waals surface area contributed by atoms with Gasteiger partial charge in [-0.2, -0.15) is 4.68 Å². The fraction of sp³-hybridized carbons (Fsp3) is 0.133. The largest absolute Gasteiger partial charge is 0.398 e. The third-order valence-corrected chi connectivity index (χ3v) is 4.28. The highest BCUT2D eigenvalue weighted by Crippen LogP contribution is 2.25. The van der Waals surface area contributed by atoms with Crippen molar-refractivity contribution in [2.45, 2.75) is 13.8 Å². The number of hydrogen-bond donors (Lipinski definition) is 1. The summed E-state index contributed by atoms with van der Waals surface area (Å²) in [6.45, 7) is 4.00. The smallest absolute Gasteiger partial charge is 0.187 e. The second-order valence-electron chi connectivity index (χ2n) is 4.92. The van der Waals surface area contributed by atoms with Crippen molar-refractivity contribution >= 4 is 21.6 Å². The molecule has 0 atom stereocenters. The number of nitrogens with two attached hydrogens (primary N) is 1. The SMILES string of the molecule is Cc1ccc(-c2nnnn2-c2ccc(Br)c(C)c2)cc1N. The van der Waals surface area contributed by atoms with Crippen LogP contribution in [0.3, 0.4) is 0 Å². The lowest BCUT2D eigenvalue weighted by atomic mass is 10.1. The molecule has 21 heavy (non-hydrogen) atoms. The van der Waals surface area contributed by atoms with Gasteiger partial charge in [-0.1, -0.05) is 28.1 Å². The standard InChI is InChI=1S/C15H14BrN5/c1-9-3-4-11(8-14(9)17)15-18-19-20-21(15)12-5-6-13(16)10(2)7-12/h3-8H,17H2,1-2H3. The van der Waals surface area contributed by atoms with Crippen molar-refractivity contribution in [2.75, 3.05) is 5.73 Å². The van der Waals surface area contributed by atoms with E-state index in [1.807, 2.05) is 50.2 Å². The summed E-state index contributed by atoms with van der Waals surface area (Å²) in [5, 5.41) is 12.0. The van der Waals surface area contributed by atoms with Crippen molar-refractivity contribution in [1.29, 1.82) is 0 Å². The van der Waals surface area contributed by atoms with E-state index in [1.165, 1.54) is 0 Å². The monoisotopic (exact) mass is 343 g/mol. The fourth-order valence-corrected chi connectivity index (χ4v) is 2.33. The number of tetrazole rings is 1. The first-order valence-electron chi connectivity index (χ1n) is 6.47. The summed E-state index contributed by atoms with van der Waals surface area (Å²) >= 11 is 3.50. The molecule has 0 radical (unpaired) electrons. The van der Waals surface area contributed by atoms with E-state index in [0.29, 0.717) is 5.82 Å². The number of halogens is 1. The second kappa shape index (κ2) is 5.29. The quantitative estimate of drug-likeness (QED) is 0.725. The maximum absolute atomic E-state index is 5.98. The zero-order valence-electron chi connectivity index (χ0n) is 11.7.